The van der Waals surface area contributed by atoms with Crippen LogP contribution in [-0.2, 0) is 10.8 Å². The molecule has 3 nitrogen and oxygen atoms in total. The van der Waals surface area contributed by atoms with Gasteiger partial charge in [0.1, 0.15) is 0 Å². The zero-order valence-corrected chi connectivity index (χ0v) is 28.8. The fourth-order valence-corrected chi connectivity index (χ4v) is 6.80. The molecule has 0 unspecified atom stereocenters. The first-order valence-corrected chi connectivity index (χ1v) is 16.6. The second-order valence-corrected chi connectivity index (χ2v) is 15.0. The van der Waals surface area contributed by atoms with Crippen molar-refractivity contribution in [1.29, 1.82) is 0 Å². The molecule has 0 amide bonds. The summed E-state index contributed by atoms with van der Waals surface area (Å²) in [6.45, 7) is 18.2. The van der Waals surface area contributed by atoms with E-state index < -0.39 is 0 Å². The molecule has 0 bridgehead atoms. The molecule has 0 aliphatic rings. The van der Waals surface area contributed by atoms with Crippen LogP contribution in [0.25, 0.3) is 66.6 Å². The van der Waals surface area contributed by atoms with Gasteiger partial charge in [-0.1, -0.05) is 71.9 Å². The number of benzene rings is 4. The maximum Gasteiger partial charge on any atom is 0.0723 e. The lowest BCUT2D eigenvalue weighted by Gasteiger charge is -2.22. The van der Waals surface area contributed by atoms with Crippen LogP contribution in [0, 0.1) is 13.8 Å². The normalized spacial score (nSPS) is 12.3. The molecule has 3 heteroatoms. The molecule has 7 aromatic rings. The van der Waals surface area contributed by atoms with E-state index in [-0.39, 0.29) is 10.8 Å². The second-order valence-electron chi connectivity index (χ2n) is 15.0. The Morgan fingerprint density at radius 3 is 1.55 bits per heavy atom. The molecule has 3 heterocycles. The fourth-order valence-electron chi connectivity index (χ4n) is 6.80. The molecular weight excluding hydrogens is 571 g/mol. The van der Waals surface area contributed by atoms with Gasteiger partial charge in [-0.25, -0.2) is 0 Å². The average Bonchev–Trinajstić information content (AvgIpc) is 3.42. The first-order chi connectivity index (χ1) is 22.4. The van der Waals surface area contributed by atoms with Crippen molar-refractivity contribution in [1.82, 2.24) is 15.0 Å². The molecule has 0 spiro atoms. The number of aryl methyl sites for hydroxylation is 2. The number of nitrogens with zero attached hydrogens (tertiary/aromatic N) is 2. The van der Waals surface area contributed by atoms with E-state index in [1.807, 2.05) is 24.5 Å². The molecule has 0 fully saturated rings. The Balaban J connectivity index is 1.61. The van der Waals surface area contributed by atoms with Crippen molar-refractivity contribution in [2.45, 2.75) is 66.2 Å². The third-order valence-electron chi connectivity index (χ3n) is 9.46. The van der Waals surface area contributed by atoms with Gasteiger partial charge in [-0.3, -0.25) is 9.97 Å². The van der Waals surface area contributed by atoms with Gasteiger partial charge in [0.15, 0.2) is 0 Å². The van der Waals surface area contributed by atoms with Crippen LogP contribution in [0.3, 0.4) is 0 Å². The largest absolute Gasteiger partial charge is 0.353 e. The minimum atomic E-state index is -0.0496. The fraction of sp³-hybridized carbons (Fsp3) is 0.227. The predicted octanol–water partition coefficient (Wildman–Crippen LogP) is 12.0. The van der Waals surface area contributed by atoms with Crippen LogP contribution in [-0.4, -0.2) is 15.0 Å². The van der Waals surface area contributed by atoms with E-state index in [2.05, 4.69) is 145 Å². The van der Waals surface area contributed by atoms with Crippen LogP contribution in [0.15, 0.2) is 109 Å². The topological polar surface area (TPSA) is 41.6 Å². The highest BCUT2D eigenvalue weighted by atomic mass is 14.7. The van der Waals surface area contributed by atoms with Crippen LogP contribution in [0.2, 0.25) is 0 Å². The number of H-pyrrole nitrogens is 1. The minimum absolute atomic E-state index is 0.0247. The summed E-state index contributed by atoms with van der Waals surface area (Å²) in [5.74, 6) is 0. The number of hydrogen-bond acceptors (Lipinski definition) is 2. The summed E-state index contributed by atoms with van der Waals surface area (Å²) in [6, 6.07) is 35.4. The monoisotopic (exact) mass is 613 g/mol. The molecule has 0 saturated carbocycles. The third kappa shape index (κ3) is 5.65. The van der Waals surface area contributed by atoms with E-state index in [0.717, 1.165) is 33.5 Å². The molecule has 0 aliphatic heterocycles. The van der Waals surface area contributed by atoms with Crippen molar-refractivity contribution in [3.8, 4) is 44.8 Å². The van der Waals surface area contributed by atoms with Gasteiger partial charge in [0.2, 0.25) is 0 Å². The van der Waals surface area contributed by atoms with Crippen molar-refractivity contribution in [3.63, 3.8) is 0 Å². The average molecular weight is 614 g/mol. The third-order valence-corrected chi connectivity index (χ3v) is 9.46. The highest BCUT2D eigenvalue weighted by Crippen LogP contribution is 2.44. The SMILES string of the molecule is Cc1cccc(C)c1-c1cc(-c2ccccn2)cc(-c2cc(C(C)(C)C)cc3c2[nH]c2c(-c4ccccn4)cc(C(C)(C)C)cc23)c1. The highest BCUT2D eigenvalue weighted by Gasteiger charge is 2.24. The molecule has 234 valence electrons. The summed E-state index contributed by atoms with van der Waals surface area (Å²) in [6.07, 6.45) is 3.76. The molecule has 4 aromatic carbocycles. The van der Waals surface area contributed by atoms with Gasteiger partial charge in [0.25, 0.3) is 0 Å². The smallest absolute Gasteiger partial charge is 0.0723 e. The van der Waals surface area contributed by atoms with E-state index in [1.54, 1.807) is 0 Å². The standard InChI is InChI=1S/C44H43N3/c1-27-14-13-15-28(2)40(27)31-21-29(20-30(22-31)38-16-9-11-18-45-38)34-23-32(43(3,4)5)24-35-36-25-33(44(6,7)8)26-37(42(36)47-41(34)35)39-17-10-12-19-46-39/h9-26,47H,1-8H3. The number of hydrogen-bond donors (Lipinski definition) is 1. The molecule has 0 radical (unpaired) electrons. The summed E-state index contributed by atoms with van der Waals surface area (Å²) >= 11 is 0. The number of aromatic amines is 1. The van der Waals surface area contributed by atoms with E-state index in [9.17, 15) is 0 Å². The van der Waals surface area contributed by atoms with Crippen LogP contribution < -0.4 is 0 Å². The van der Waals surface area contributed by atoms with E-state index in [0.29, 0.717) is 0 Å². The van der Waals surface area contributed by atoms with Crippen molar-refractivity contribution < 1.29 is 0 Å². The molecule has 47 heavy (non-hydrogen) atoms. The molecule has 1 N–H and O–H groups in total. The zero-order valence-electron chi connectivity index (χ0n) is 28.8. The number of nitrogens with one attached hydrogen (secondary N) is 1. The number of rotatable bonds is 4. The lowest BCUT2D eigenvalue weighted by molar-refractivity contribution is 0.590. The molecule has 0 aliphatic carbocycles. The summed E-state index contributed by atoms with van der Waals surface area (Å²) in [5, 5.41) is 2.47. The Bertz CT molecular complexity index is 2240. The quantitative estimate of drug-likeness (QED) is 0.215. The Morgan fingerprint density at radius 2 is 1.00 bits per heavy atom. The van der Waals surface area contributed by atoms with Gasteiger partial charge in [0, 0.05) is 39.9 Å². The van der Waals surface area contributed by atoms with Crippen molar-refractivity contribution in [2.24, 2.45) is 0 Å². The van der Waals surface area contributed by atoms with Gasteiger partial charge in [0.05, 0.1) is 22.4 Å². The molecule has 3 aromatic heterocycles. The first kappa shape index (κ1) is 30.6. The van der Waals surface area contributed by atoms with Gasteiger partial charge in [-0.15, -0.1) is 0 Å². The maximum absolute atomic E-state index is 4.81. The van der Waals surface area contributed by atoms with E-state index >= 15 is 0 Å². The van der Waals surface area contributed by atoms with Crippen molar-refractivity contribution in [2.75, 3.05) is 0 Å². The summed E-state index contributed by atoms with van der Waals surface area (Å²) in [4.78, 5) is 13.5. The summed E-state index contributed by atoms with van der Waals surface area (Å²) < 4.78 is 0. The van der Waals surface area contributed by atoms with Crippen molar-refractivity contribution >= 4 is 21.8 Å². The highest BCUT2D eigenvalue weighted by molar-refractivity contribution is 6.16. The van der Waals surface area contributed by atoms with Crippen LogP contribution in [0.5, 0.6) is 0 Å². The minimum Gasteiger partial charge on any atom is -0.353 e. The van der Waals surface area contributed by atoms with Crippen LogP contribution in [0.1, 0.15) is 63.8 Å². The van der Waals surface area contributed by atoms with Crippen LogP contribution >= 0.6 is 0 Å². The zero-order chi connectivity index (χ0) is 33.1. The van der Waals surface area contributed by atoms with E-state index in [4.69, 9.17) is 9.97 Å². The Hall–Kier alpha value is -5.02. The number of aromatic nitrogens is 3. The van der Waals surface area contributed by atoms with Crippen LogP contribution in [0.4, 0.5) is 0 Å². The van der Waals surface area contributed by atoms with E-state index in [1.165, 1.54) is 55.3 Å². The second kappa shape index (κ2) is 11.3. The Kier molecular flexibility index (Phi) is 7.39. The predicted molar refractivity (Wildman–Crippen MR) is 200 cm³/mol. The molecule has 7 rings (SSSR count). The number of fused-ring (bicyclic) bond motifs is 3. The van der Waals surface area contributed by atoms with Gasteiger partial charge < -0.3 is 4.98 Å². The summed E-state index contributed by atoms with van der Waals surface area (Å²) in [7, 11) is 0. The summed E-state index contributed by atoms with van der Waals surface area (Å²) in [5.41, 5.74) is 16.3. The lowest BCUT2D eigenvalue weighted by atomic mass is 9.82. The van der Waals surface area contributed by atoms with Gasteiger partial charge >= 0.3 is 0 Å². The van der Waals surface area contributed by atoms with Gasteiger partial charge in [-0.05, 0) is 130 Å². The lowest BCUT2D eigenvalue weighted by Crippen LogP contribution is -2.11. The Morgan fingerprint density at radius 1 is 0.489 bits per heavy atom. The molecule has 0 saturated heterocycles. The molecule has 0 atom stereocenters. The number of pyridine rings is 2. The van der Waals surface area contributed by atoms with Crippen molar-refractivity contribution in [3.05, 3.63) is 132 Å². The first-order valence-electron chi connectivity index (χ1n) is 16.6. The Labute approximate surface area is 278 Å². The molecular formula is C44H43N3. The maximum atomic E-state index is 4.81. The van der Waals surface area contributed by atoms with Gasteiger partial charge in [-0.2, -0.15) is 0 Å².